The number of nitrogens with one attached hydrogen (secondary N) is 2. The third-order valence-corrected chi connectivity index (χ3v) is 8.27. The summed E-state index contributed by atoms with van der Waals surface area (Å²) in [6, 6.07) is 11.0. The van der Waals surface area contributed by atoms with Crippen LogP contribution < -0.4 is 20.9 Å². The predicted octanol–water partition coefficient (Wildman–Crippen LogP) is 2.53. The molecular weight excluding hydrogens is 588 g/mol. The van der Waals surface area contributed by atoms with Crippen LogP contribution in [0.3, 0.4) is 0 Å². The summed E-state index contributed by atoms with van der Waals surface area (Å²) in [5.74, 6) is -1.82. The summed E-state index contributed by atoms with van der Waals surface area (Å²) in [7, 11) is -4.44. The Morgan fingerprint density at radius 3 is 2.53 bits per heavy atom. The van der Waals surface area contributed by atoms with Gasteiger partial charge in [-0.3, -0.25) is 23.7 Å². The highest BCUT2D eigenvalue weighted by molar-refractivity contribution is 7.52. The van der Waals surface area contributed by atoms with Crippen molar-refractivity contribution in [1.29, 1.82) is 0 Å². The Morgan fingerprint density at radius 1 is 1.16 bits per heavy atom. The first-order valence-electron chi connectivity index (χ1n) is 13.5. The summed E-state index contributed by atoms with van der Waals surface area (Å²) in [5.41, 5.74) is -3.08. The van der Waals surface area contributed by atoms with Crippen LogP contribution in [0.1, 0.15) is 39.6 Å². The molecule has 6 atom stereocenters. The summed E-state index contributed by atoms with van der Waals surface area (Å²) in [6.45, 7) is 7.61. The molecule has 1 aliphatic heterocycles. The van der Waals surface area contributed by atoms with E-state index < -0.39 is 73.7 Å². The van der Waals surface area contributed by atoms with Gasteiger partial charge in [-0.1, -0.05) is 57.2 Å². The molecule has 4 rings (SSSR count). The summed E-state index contributed by atoms with van der Waals surface area (Å²) >= 11 is 0. The van der Waals surface area contributed by atoms with Gasteiger partial charge < -0.3 is 24.2 Å². The number of aliphatic hydroxyl groups excluding tert-OH is 2. The number of benzene rings is 2. The Hall–Kier alpha value is -3.39. The minimum absolute atomic E-state index is 0.0959. The molecule has 3 aromatic rings. The van der Waals surface area contributed by atoms with E-state index in [0.29, 0.717) is 9.95 Å². The highest BCUT2D eigenvalue weighted by Crippen LogP contribution is 2.47. The lowest BCUT2D eigenvalue weighted by Gasteiger charge is -2.26. The van der Waals surface area contributed by atoms with Gasteiger partial charge in [0.1, 0.15) is 30.1 Å². The molecule has 0 amide bonds. The summed E-state index contributed by atoms with van der Waals surface area (Å²) < 4.78 is 51.5. The first-order chi connectivity index (χ1) is 20.1. The van der Waals surface area contributed by atoms with E-state index in [9.17, 15) is 33.6 Å². The van der Waals surface area contributed by atoms with E-state index in [1.165, 1.54) is 6.92 Å². The number of aliphatic hydroxyl groups is 2. The first kappa shape index (κ1) is 32.5. The molecule has 0 radical (unpaired) electrons. The maximum Gasteiger partial charge on any atom is 0.459 e. The topological polar surface area (TPSA) is 178 Å². The number of hydrogen-bond acceptors (Lipinski definition) is 10. The largest absolute Gasteiger partial charge is 0.464 e. The number of carbonyl (C=O) groups is 1. The number of carbonyl (C=O) groups excluding carboxylic acids is 1. The van der Waals surface area contributed by atoms with E-state index in [4.69, 9.17) is 18.5 Å². The first-order valence-corrected chi connectivity index (χ1v) is 15.0. The smallest absolute Gasteiger partial charge is 0.459 e. The third kappa shape index (κ3) is 7.40. The second-order valence-corrected chi connectivity index (χ2v) is 13.1. The molecule has 0 saturated carbocycles. The molecule has 2 aromatic carbocycles. The number of ether oxygens (including phenoxy) is 2. The fourth-order valence-electron chi connectivity index (χ4n) is 4.39. The standard InChI is InChI=1S/C28H35FN3O10P/c1-15(26(36)39-14-28(3,4)5)31-43(38,42-19-12-8-10-17-9-6-7-11-18(17)19)40-13-20-22(33)23(34)25(41-20)32-16(2)21(29)24(35)30-27(32)37/h6-12,15,20,22-23,25,33-34H,13-14H2,1-5H3,(H,31,38)(H,30,35,37)/t15-,20+,22+,23+,25+,43?/m0/s1. The van der Waals surface area contributed by atoms with Gasteiger partial charge in [-0.25, -0.2) is 9.36 Å². The quantitative estimate of drug-likeness (QED) is 0.193. The minimum Gasteiger partial charge on any atom is -0.464 e. The normalized spacial score (nSPS) is 22.7. The molecule has 1 fully saturated rings. The van der Waals surface area contributed by atoms with Crippen LogP contribution in [0.25, 0.3) is 10.8 Å². The molecule has 1 unspecified atom stereocenters. The van der Waals surface area contributed by atoms with Crippen molar-refractivity contribution in [1.82, 2.24) is 14.6 Å². The molecule has 1 aromatic heterocycles. The van der Waals surface area contributed by atoms with Gasteiger partial charge in [-0.05, 0) is 30.7 Å². The van der Waals surface area contributed by atoms with E-state index in [1.54, 1.807) is 29.2 Å². The van der Waals surface area contributed by atoms with Gasteiger partial charge in [0.25, 0.3) is 5.56 Å². The number of nitrogens with zero attached hydrogens (tertiary/aromatic N) is 1. The SMILES string of the molecule is Cc1c(F)c(=O)[nH]c(=O)n1[C@@H]1O[C@H](COP(=O)(N[C@@H](C)C(=O)OCC(C)(C)C)Oc2cccc3ccccc23)[C@@H](O)[C@H]1O. The molecule has 234 valence electrons. The van der Waals surface area contributed by atoms with Gasteiger partial charge in [0.15, 0.2) is 6.23 Å². The molecule has 43 heavy (non-hydrogen) atoms. The Labute approximate surface area is 246 Å². The van der Waals surface area contributed by atoms with Gasteiger partial charge in [-0.2, -0.15) is 9.48 Å². The number of esters is 1. The van der Waals surface area contributed by atoms with Gasteiger partial charge in [0, 0.05) is 5.39 Å². The van der Waals surface area contributed by atoms with Crippen molar-refractivity contribution in [2.24, 2.45) is 5.41 Å². The van der Waals surface area contributed by atoms with Crippen molar-refractivity contribution >= 4 is 24.5 Å². The molecule has 1 saturated heterocycles. The van der Waals surface area contributed by atoms with Crippen molar-refractivity contribution in [3.8, 4) is 5.75 Å². The van der Waals surface area contributed by atoms with E-state index in [2.05, 4.69) is 5.09 Å². The van der Waals surface area contributed by atoms with Gasteiger partial charge >= 0.3 is 19.4 Å². The summed E-state index contributed by atoms with van der Waals surface area (Å²) in [4.78, 5) is 38.5. The molecule has 2 heterocycles. The molecule has 1 aliphatic rings. The molecule has 15 heteroatoms. The fraction of sp³-hybridized carbons (Fsp3) is 0.464. The summed E-state index contributed by atoms with van der Waals surface area (Å²) in [5, 5.41) is 25.2. The minimum atomic E-state index is -4.44. The van der Waals surface area contributed by atoms with Gasteiger partial charge in [0.2, 0.25) is 5.82 Å². The van der Waals surface area contributed by atoms with Crippen LogP contribution in [-0.4, -0.2) is 63.3 Å². The van der Waals surface area contributed by atoms with E-state index in [0.717, 1.165) is 12.3 Å². The van der Waals surface area contributed by atoms with Crippen LogP contribution in [0.2, 0.25) is 0 Å². The average molecular weight is 624 g/mol. The fourth-order valence-corrected chi connectivity index (χ4v) is 5.91. The van der Waals surface area contributed by atoms with Crippen molar-refractivity contribution in [2.45, 2.75) is 65.2 Å². The third-order valence-electron chi connectivity index (χ3n) is 6.64. The number of hydrogen-bond donors (Lipinski definition) is 4. The van der Waals surface area contributed by atoms with E-state index in [1.807, 2.05) is 39.0 Å². The zero-order chi connectivity index (χ0) is 31.7. The van der Waals surface area contributed by atoms with Crippen LogP contribution in [-0.2, 0) is 23.4 Å². The summed E-state index contributed by atoms with van der Waals surface area (Å²) in [6.07, 6.45) is -6.45. The zero-order valence-electron chi connectivity index (χ0n) is 24.3. The molecule has 13 nitrogen and oxygen atoms in total. The van der Waals surface area contributed by atoms with Crippen LogP contribution in [0, 0.1) is 18.2 Å². The molecule has 0 aliphatic carbocycles. The number of halogens is 1. The Bertz CT molecular complexity index is 1650. The number of aromatic amines is 1. The molecule has 0 bridgehead atoms. The Balaban J connectivity index is 1.58. The lowest BCUT2D eigenvalue weighted by atomic mass is 9.99. The highest BCUT2D eigenvalue weighted by Gasteiger charge is 2.46. The van der Waals surface area contributed by atoms with Crippen LogP contribution >= 0.6 is 7.75 Å². The number of aromatic nitrogens is 2. The lowest BCUT2D eigenvalue weighted by Crippen LogP contribution is -2.40. The Kier molecular flexibility index (Phi) is 9.60. The van der Waals surface area contributed by atoms with Crippen LogP contribution in [0.5, 0.6) is 5.75 Å². The maximum absolute atomic E-state index is 14.2. The number of fused-ring (bicyclic) bond motifs is 1. The van der Waals surface area contributed by atoms with Crippen molar-refractivity contribution < 1.29 is 42.5 Å². The maximum atomic E-state index is 14.2. The molecular formula is C28H35FN3O10P. The van der Waals surface area contributed by atoms with Crippen molar-refractivity contribution in [3.05, 3.63) is 74.8 Å². The zero-order valence-corrected chi connectivity index (χ0v) is 25.2. The second kappa shape index (κ2) is 12.7. The number of H-pyrrole nitrogens is 1. The van der Waals surface area contributed by atoms with E-state index >= 15 is 0 Å². The molecule has 4 N–H and O–H groups in total. The predicted molar refractivity (Wildman–Crippen MR) is 153 cm³/mol. The monoisotopic (exact) mass is 623 g/mol. The lowest BCUT2D eigenvalue weighted by molar-refractivity contribution is -0.148. The van der Waals surface area contributed by atoms with Crippen LogP contribution in [0.15, 0.2) is 52.1 Å². The van der Waals surface area contributed by atoms with Crippen molar-refractivity contribution in [3.63, 3.8) is 0 Å². The Morgan fingerprint density at radius 2 is 1.84 bits per heavy atom. The van der Waals surface area contributed by atoms with Crippen molar-refractivity contribution in [2.75, 3.05) is 13.2 Å². The van der Waals surface area contributed by atoms with Crippen LogP contribution in [0.4, 0.5) is 4.39 Å². The second-order valence-electron chi connectivity index (χ2n) is 11.5. The van der Waals surface area contributed by atoms with E-state index in [-0.39, 0.29) is 17.8 Å². The number of rotatable bonds is 10. The highest BCUT2D eigenvalue weighted by atomic mass is 31.2. The molecule has 0 spiro atoms. The average Bonchev–Trinajstić information content (AvgIpc) is 3.22. The van der Waals surface area contributed by atoms with Gasteiger partial charge in [0.05, 0.1) is 18.9 Å². The van der Waals surface area contributed by atoms with Gasteiger partial charge in [-0.15, -0.1) is 0 Å².